The summed E-state index contributed by atoms with van der Waals surface area (Å²) in [7, 11) is 0. The number of rotatable bonds is 4. The van der Waals surface area contributed by atoms with Gasteiger partial charge in [0, 0.05) is 23.7 Å². The molecule has 0 amide bonds. The Morgan fingerprint density at radius 1 is 1.21 bits per heavy atom. The van der Waals surface area contributed by atoms with Gasteiger partial charge in [-0.3, -0.25) is 10.1 Å². The second-order valence-corrected chi connectivity index (χ2v) is 4.34. The summed E-state index contributed by atoms with van der Waals surface area (Å²) in [6.07, 6.45) is 0. The smallest absolute Gasteiger partial charge is 0.269 e. The number of non-ortho nitro benzene ring substituents is 1. The average Bonchev–Trinajstić information content (AvgIpc) is 2.40. The molecule has 19 heavy (non-hydrogen) atoms. The van der Waals surface area contributed by atoms with Crippen molar-refractivity contribution < 1.29 is 9.31 Å². The Kier molecular flexibility index (Phi) is 3.97. The Labute approximate surface area is 114 Å². The third-order valence-electron chi connectivity index (χ3n) is 2.56. The Bertz CT molecular complexity index is 602. The minimum absolute atomic E-state index is 0.0256. The molecule has 4 nitrogen and oxygen atoms in total. The Morgan fingerprint density at radius 3 is 2.53 bits per heavy atom. The molecule has 6 heteroatoms. The molecule has 0 saturated carbocycles. The summed E-state index contributed by atoms with van der Waals surface area (Å²) in [4.78, 5) is 10.0. The van der Waals surface area contributed by atoms with Gasteiger partial charge in [-0.15, -0.1) is 0 Å². The number of nitro groups is 1. The molecule has 0 unspecified atom stereocenters. The fraction of sp³-hybridized carbons (Fsp3) is 0.0769. The zero-order chi connectivity index (χ0) is 13.8. The molecule has 0 atom stereocenters. The molecule has 98 valence electrons. The highest BCUT2D eigenvalue weighted by molar-refractivity contribution is 6.30. The lowest BCUT2D eigenvalue weighted by atomic mass is 10.2. The normalized spacial score (nSPS) is 10.2. The molecule has 0 aromatic heterocycles. The number of hydrogen-bond acceptors (Lipinski definition) is 3. The van der Waals surface area contributed by atoms with E-state index in [1.54, 1.807) is 12.1 Å². The van der Waals surface area contributed by atoms with E-state index in [2.05, 4.69) is 5.32 Å². The number of nitrogens with zero attached hydrogens (tertiary/aromatic N) is 1. The number of nitro benzene ring substituents is 1. The highest BCUT2D eigenvalue weighted by Crippen LogP contribution is 2.20. The first-order chi connectivity index (χ1) is 9.06. The van der Waals surface area contributed by atoms with Crippen LogP contribution in [0, 0.1) is 15.9 Å². The number of anilines is 1. The SMILES string of the molecule is O=[N+]([O-])c1ccc(CNc2cc(Cl)ccc2F)cc1. The molecule has 0 fully saturated rings. The summed E-state index contributed by atoms with van der Waals surface area (Å²) >= 11 is 5.77. The lowest BCUT2D eigenvalue weighted by Crippen LogP contribution is -2.01. The molecule has 0 saturated heterocycles. The Hall–Kier alpha value is -2.14. The van der Waals surface area contributed by atoms with Crippen molar-refractivity contribution in [3.8, 4) is 0 Å². The summed E-state index contributed by atoms with van der Waals surface area (Å²) in [5.74, 6) is -0.397. The van der Waals surface area contributed by atoms with E-state index in [4.69, 9.17) is 11.6 Å². The van der Waals surface area contributed by atoms with Gasteiger partial charge < -0.3 is 5.32 Å². The maximum Gasteiger partial charge on any atom is 0.269 e. The summed E-state index contributed by atoms with van der Waals surface area (Å²) in [5.41, 5.74) is 1.13. The van der Waals surface area contributed by atoms with Crippen LogP contribution in [0.1, 0.15) is 5.56 Å². The molecule has 2 rings (SSSR count). The zero-order valence-electron chi connectivity index (χ0n) is 9.77. The molecular weight excluding hydrogens is 271 g/mol. The van der Waals surface area contributed by atoms with Crippen LogP contribution in [0.15, 0.2) is 42.5 Å². The number of nitrogens with one attached hydrogen (secondary N) is 1. The van der Waals surface area contributed by atoms with Crippen LogP contribution in [0.2, 0.25) is 5.02 Å². The van der Waals surface area contributed by atoms with Crippen molar-refractivity contribution in [2.45, 2.75) is 6.54 Å². The van der Waals surface area contributed by atoms with Crippen LogP contribution in [-0.4, -0.2) is 4.92 Å². The van der Waals surface area contributed by atoms with E-state index >= 15 is 0 Å². The molecule has 0 radical (unpaired) electrons. The Morgan fingerprint density at radius 2 is 1.89 bits per heavy atom. The van der Waals surface area contributed by atoms with E-state index in [1.165, 1.54) is 30.3 Å². The molecule has 2 aromatic carbocycles. The minimum atomic E-state index is -0.464. The van der Waals surface area contributed by atoms with Crippen molar-refractivity contribution in [2.24, 2.45) is 0 Å². The quantitative estimate of drug-likeness (QED) is 0.680. The predicted molar refractivity (Wildman–Crippen MR) is 71.8 cm³/mol. The maximum absolute atomic E-state index is 13.4. The monoisotopic (exact) mass is 280 g/mol. The van der Waals surface area contributed by atoms with Crippen LogP contribution < -0.4 is 5.32 Å². The van der Waals surface area contributed by atoms with Crippen LogP contribution >= 0.6 is 11.6 Å². The van der Waals surface area contributed by atoms with Gasteiger partial charge in [0.05, 0.1) is 10.6 Å². The summed E-state index contributed by atoms with van der Waals surface area (Å²) < 4.78 is 13.4. The van der Waals surface area contributed by atoms with Crippen LogP contribution in [0.3, 0.4) is 0 Å². The van der Waals surface area contributed by atoms with E-state index in [-0.39, 0.29) is 5.69 Å². The predicted octanol–water partition coefficient (Wildman–Crippen LogP) is 4.00. The summed E-state index contributed by atoms with van der Waals surface area (Å²) in [6, 6.07) is 10.3. The highest BCUT2D eigenvalue weighted by atomic mass is 35.5. The molecular formula is C13H10ClFN2O2. The van der Waals surface area contributed by atoms with Crippen molar-refractivity contribution >= 4 is 23.0 Å². The van der Waals surface area contributed by atoms with Crippen LogP contribution in [0.4, 0.5) is 15.8 Å². The van der Waals surface area contributed by atoms with Gasteiger partial charge >= 0.3 is 0 Å². The fourth-order valence-electron chi connectivity index (χ4n) is 1.57. The molecule has 0 aliphatic heterocycles. The van der Waals surface area contributed by atoms with E-state index in [1.807, 2.05) is 0 Å². The average molecular weight is 281 g/mol. The van der Waals surface area contributed by atoms with E-state index in [9.17, 15) is 14.5 Å². The molecule has 0 aliphatic carbocycles. The van der Waals surface area contributed by atoms with Gasteiger partial charge in [-0.05, 0) is 23.8 Å². The molecule has 0 heterocycles. The van der Waals surface area contributed by atoms with Gasteiger partial charge in [0.25, 0.3) is 5.69 Å². The Balaban J connectivity index is 2.06. The minimum Gasteiger partial charge on any atom is -0.379 e. The van der Waals surface area contributed by atoms with Crippen molar-refractivity contribution in [3.05, 3.63) is 69.0 Å². The van der Waals surface area contributed by atoms with E-state index in [0.29, 0.717) is 17.3 Å². The molecule has 1 N–H and O–H groups in total. The largest absolute Gasteiger partial charge is 0.379 e. The third-order valence-corrected chi connectivity index (χ3v) is 2.79. The lowest BCUT2D eigenvalue weighted by molar-refractivity contribution is -0.384. The highest BCUT2D eigenvalue weighted by Gasteiger charge is 2.05. The standard InChI is InChI=1S/C13H10ClFN2O2/c14-10-3-6-12(15)13(7-10)16-8-9-1-4-11(5-2-9)17(18)19/h1-7,16H,8H2. The first-order valence-corrected chi connectivity index (χ1v) is 5.86. The van der Waals surface area contributed by atoms with Crippen molar-refractivity contribution in [3.63, 3.8) is 0 Å². The van der Waals surface area contributed by atoms with Gasteiger partial charge in [-0.1, -0.05) is 23.7 Å². The first kappa shape index (κ1) is 13.3. The van der Waals surface area contributed by atoms with Crippen molar-refractivity contribution in [1.82, 2.24) is 0 Å². The zero-order valence-corrected chi connectivity index (χ0v) is 10.5. The van der Waals surface area contributed by atoms with Gasteiger partial charge in [0.15, 0.2) is 0 Å². The van der Waals surface area contributed by atoms with E-state index < -0.39 is 10.7 Å². The van der Waals surface area contributed by atoms with E-state index in [0.717, 1.165) is 5.56 Å². The second kappa shape index (κ2) is 5.67. The lowest BCUT2D eigenvalue weighted by Gasteiger charge is -2.08. The number of hydrogen-bond donors (Lipinski definition) is 1. The fourth-order valence-corrected chi connectivity index (χ4v) is 1.74. The molecule has 0 bridgehead atoms. The maximum atomic E-state index is 13.4. The molecule has 2 aromatic rings. The van der Waals surface area contributed by atoms with Crippen molar-refractivity contribution in [1.29, 1.82) is 0 Å². The number of halogens is 2. The van der Waals surface area contributed by atoms with Gasteiger partial charge in [-0.25, -0.2) is 4.39 Å². The van der Waals surface area contributed by atoms with Gasteiger partial charge in [0.2, 0.25) is 0 Å². The van der Waals surface area contributed by atoms with Crippen LogP contribution in [-0.2, 0) is 6.54 Å². The number of benzene rings is 2. The first-order valence-electron chi connectivity index (χ1n) is 5.48. The van der Waals surface area contributed by atoms with Crippen molar-refractivity contribution in [2.75, 3.05) is 5.32 Å². The van der Waals surface area contributed by atoms with Gasteiger partial charge in [0.1, 0.15) is 5.82 Å². The summed E-state index contributed by atoms with van der Waals surface area (Å²) in [6.45, 7) is 0.356. The van der Waals surface area contributed by atoms with Crippen LogP contribution in [0.25, 0.3) is 0 Å². The molecule has 0 spiro atoms. The van der Waals surface area contributed by atoms with Gasteiger partial charge in [-0.2, -0.15) is 0 Å². The molecule has 0 aliphatic rings. The summed E-state index contributed by atoms with van der Waals surface area (Å²) in [5, 5.41) is 13.8. The third kappa shape index (κ3) is 3.42. The van der Waals surface area contributed by atoms with Crippen LogP contribution in [0.5, 0.6) is 0 Å². The topological polar surface area (TPSA) is 55.2 Å². The second-order valence-electron chi connectivity index (χ2n) is 3.90.